The first-order valence-electron chi connectivity index (χ1n) is 5.65. The summed E-state index contributed by atoms with van der Waals surface area (Å²) >= 11 is 1.20. The predicted molar refractivity (Wildman–Crippen MR) is 70.8 cm³/mol. The molecule has 1 aromatic rings. The van der Waals surface area contributed by atoms with Crippen LogP contribution in [0.3, 0.4) is 0 Å². The van der Waals surface area contributed by atoms with E-state index in [0.29, 0.717) is 22.3 Å². The van der Waals surface area contributed by atoms with Gasteiger partial charge in [0.15, 0.2) is 5.13 Å². The van der Waals surface area contributed by atoms with Gasteiger partial charge < -0.3 is 5.11 Å². The molecule has 1 saturated carbocycles. The second kappa shape index (κ2) is 5.69. The summed E-state index contributed by atoms with van der Waals surface area (Å²) in [5.74, 6) is 6.07. The highest BCUT2D eigenvalue weighted by molar-refractivity contribution is 7.92. The third-order valence-electron chi connectivity index (χ3n) is 2.35. The lowest BCUT2D eigenvalue weighted by Crippen LogP contribution is -2.17. The van der Waals surface area contributed by atoms with E-state index in [4.69, 9.17) is 5.11 Å². The Hall–Kier alpha value is -1.10. The van der Waals surface area contributed by atoms with Crippen molar-refractivity contribution in [2.24, 2.45) is 5.92 Å². The van der Waals surface area contributed by atoms with Crippen LogP contribution in [0.15, 0.2) is 6.20 Å². The average molecular weight is 286 g/mol. The lowest BCUT2D eigenvalue weighted by Gasteiger charge is -2.02. The SMILES string of the molecule is O=S(=O)(CC1CC1)Nc1ncc(C#CCCO)s1. The average Bonchev–Trinajstić information content (AvgIpc) is 2.97. The molecule has 98 valence electrons. The molecule has 1 fully saturated rings. The number of thiazole rings is 1. The summed E-state index contributed by atoms with van der Waals surface area (Å²) in [5, 5.41) is 8.94. The molecule has 7 heteroatoms. The van der Waals surface area contributed by atoms with Crippen LogP contribution >= 0.6 is 11.3 Å². The van der Waals surface area contributed by atoms with Gasteiger partial charge in [-0.05, 0) is 18.8 Å². The van der Waals surface area contributed by atoms with Crippen LogP contribution in [0.4, 0.5) is 5.13 Å². The molecule has 1 heterocycles. The van der Waals surface area contributed by atoms with Crippen molar-refractivity contribution in [3.63, 3.8) is 0 Å². The minimum Gasteiger partial charge on any atom is -0.395 e. The third kappa shape index (κ3) is 4.29. The summed E-state index contributed by atoms with van der Waals surface area (Å²) in [6, 6.07) is 0. The normalized spacial score (nSPS) is 14.9. The third-order valence-corrected chi connectivity index (χ3v) is 4.72. The van der Waals surface area contributed by atoms with E-state index < -0.39 is 10.0 Å². The minimum absolute atomic E-state index is 0.0205. The molecule has 1 aliphatic rings. The monoisotopic (exact) mass is 286 g/mol. The highest BCUT2D eigenvalue weighted by atomic mass is 32.2. The topological polar surface area (TPSA) is 79.3 Å². The first-order valence-corrected chi connectivity index (χ1v) is 8.12. The first kappa shape index (κ1) is 13.3. The summed E-state index contributed by atoms with van der Waals surface area (Å²) in [6.07, 6.45) is 3.93. The second-order valence-electron chi connectivity index (χ2n) is 4.13. The van der Waals surface area contributed by atoms with Crippen molar-refractivity contribution in [3.8, 4) is 11.8 Å². The molecule has 2 rings (SSSR count). The fourth-order valence-electron chi connectivity index (χ4n) is 1.35. The number of aromatic nitrogens is 1. The van der Waals surface area contributed by atoms with Gasteiger partial charge in [-0.3, -0.25) is 4.72 Å². The molecule has 18 heavy (non-hydrogen) atoms. The van der Waals surface area contributed by atoms with Crippen LogP contribution in [0.5, 0.6) is 0 Å². The molecule has 0 unspecified atom stereocenters. The van der Waals surface area contributed by atoms with E-state index in [1.165, 1.54) is 17.5 Å². The fourth-order valence-corrected chi connectivity index (χ4v) is 3.80. The van der Waals surface area contributed by atoms with E-state index in [-0.39, 0.29) is 12.4 Å². The van der Waals surface area contributed by atoms with Crippen LogP contribution in [-0.2, 0) is 10.0 Å². The van der Waals surface area contributed by atoms with E-state index in [9.17, 15) is 8.42 Å². The molecule has 0 aromatic carbocycles. The van der Waals surface area contributed by atoms with Crippen molar-refractivity contribution >= 4 is 26.5 Å². The van der Waals surface area contributed by atoms with Gasteiger partial charge in [0.1, 0.15) is 0 Å². The van der Waals surface area contributed by atoms with Gasteiger partial charge in [0.25, 0.3) is 0 Å². The van der Waals surface area contributed by atoms with Gasteiger partial charge in [-0.15, -0.1) is 0 Å². The molecular formula is C11H14N2O3S2. The molecular weight excluding hydrogens is 272 g/mol. The first-order chi connectivity index (χ1) is 8.59. The number of nitrogens with zero attached hydrogens (tertiary/aromatic N) is 1. The van der Waals surface area contributed by atoms with Crippen molar-refractivity contribution < 1.29 is 13.5 Å². The summed E-state index contributed by atoms with van der Waals surface area (Å²) in [5.41, 5.74) is 0. The lowest BCUT2D eigenvalue weighted by atomic mass is 10.4. The molecule has 0 amide bonds. The van der Waals surface area contributed by atoms with Gasteiger partial charge in [0.2, 0.25) is 10.0 Å². The van der Waals surface area contributed by atoms with Crippen molar-refractivity contribution in [1.29, 1.82) is 0 Å². The zero-order valence-corrected chi connectivity index (χ0v) is 11.4. The number of anilines is 1. The number of rotatable bonds is 5. The number of hydrogen-bond donors (Lipinski definition) is 2. The summed E-state index contributed by atoms with van der Waals surface area (Å²) < 4.78 is 25.9. The molecule has 0 saturated heterocycles. The van der Waals surface area contributed by atoms with Gasteiger partial charge >= 0.3 is 0 Å². The van der Waals surface area contributed by atoms with Gasteiger partial charge in [-0.1, -0.05) is 23.2 Å². The van der Waals surface area contributed by atoms with Gasteiger partial charge in [0, 0.05) is 6.42 Å². The molecule has 0 atom stereocenters. The van der Waals surface area contributed by atoms with Crippen molar-refractivity contribution in [1.82, 2.24) is 4.98 Å². The molecule has 2 N–H and O–H groups in total. The van der Waals surface area contributed by atoms with Crippen LogP contribution in [0, 0.1) is 17.8 Å². The Morgan fingerprint density at radius 2 is 2.33 bits per heavy atom. The number of nitrogens with one attached hydrogen (secondary N) is 1. The smallest absolute Gasteiger partial charge is 0.234 e. The Morgan fingerprint density at radius 1 is 1.56 bits per heavy atom. The van der Waals surface area contributed by atoms with E-state index in [2.05, 4.69) is 21.5 Å². The zero-order valence-electron chi connectivity index (χ0n) is 9.72. The molecule has 0 radical (unpaired) electrons. The largest absolute Gasteiger partial charge is 0.395 e. The molecule has 1 aliphatic carbocycles. The number of aliphatic hydroxyl groups excluding tert-OH is 1. The quantitative estimate of drug-likeness (QED) is 0.792. The van der Waals surface area contributed by atoms with Crippen molar-refractivity contribution in [2.45, 2.75) is 19.3 Å². The predicted octanol–water partition coefficient (Wildman–Crippen LogP) is 1.03. The van der Waals surface area contributed by atoms with Crippen LogP contribution in [0.25, 0.3) is 0 Å². The second-order valence-corrected chi connectivity index (χ2v) is 6.93. The summed E-state index contributed by atoms with van der Waals surface area (Å²) in [4.78, 5) is 4.66. The Morgan fingerprint density at radius 3 is 3.00 bits per heavy atom. The maximum absolute atomic E-state index is 11.7. The van der Waals surface area contributed by atoms with Crippen LogP contribution in [-0.4, -0.2) is 30.9 Å². The Bertz CT molecular complexity index is 565. The maximum atomic E-state index is 11.7. The number of aliphatic hydroxyl groups is 1. The van der Waals surface area contributed by atoms with Crippen LogP contribution < -0.4 is 4.72 Å². The Labute approximate surface area is 110 Å². The van der Waals surface area contributed by atoms with Crippen molar-refractivity contribution in [3.05, 3.63) is 11.1 Å². The molecule has 0 aliphatic heterocycles. The van der Waals surface area contributed by atoms with E-state index >= 15 is 0 Å². The summed E-state index contributed by atoms with van der Waals surface area (Å²) in [6.45, 7) is 0.0205. The highest BCUT2D eigenvalue weighted by Gasteiger charge is 2.28. The van der Waals surface area contributed by atoms with Gasteiger partial charge in [-0.2, -0.15) is 0 Å². The maximum Gasteiger partial charge on any atom is 0.234 e. The molecule has 0 spiro atoms. The standard InChI is InChI=1S/C11H14N2O3S2/c14-6-2-1-3-10-7-12-11(17-10)13-18(15,16)8-9-4-5-9/h7,9,14H,2,4-6,8H2,(H,12,13). The van der Waals surface area contributed by atoms with Crippen LogP contribution in [0.1, 0.15) is 24.1 Å². The number of sulfonamides is 1. The molecule has 1 aromatic heterocycles. The zero-order chi connectivity index (χ0) is 13.0. The number of hydrogen-bond acceptors (Lipinski definition) is 5. The van der Waals surface area contributed by atoms with E-state index in [0.717, 1.165) is 12.8 Å². The molecule has 0 bridgehead atoms. The van der Waals surface area contributed by atoms with E-state index in [1.54, 1.807) is 0 Å². The molecule has 5 nitrogen and oxygen atoms in total. The Balaban J connectivity index is 1.95. The minimum atomic E-state index is -3.27. The fraction of sp³-hybridized carbons (Fsp3) is 0.545. The summed E-state index contributed by atoms with van der Waals surface area (Å²) in [7, 11) is -3.27. The Kier molecular flexibility index (Phi) is 4.22. The van der Waals surface area contributed by atoms with E-state index in [1.807, 2.05) is 0 Å². The lowest BCUT2D eigenvalue weighted by molar-refractivity contribution is 0.305. The van der Waals surface area contributed by atoms with Crippen molar-refractivity contribution in [2.75, 3.05) is 17.1 Å². The van der Waals surface area contributed by atoms with Gasteiger partial charge in [-0.25, -0.2) is 13.4 Å². The van der Waals surface area contributed by atoms with Crippen LogP contribution in [0.2, 0.25) is 0 Å². The van der Waals surface area contributed by atoms with Gasteiger partial charge in [0.05, 0.1) is 23.4 Å². The highest BCUT2D eigenvalue weighted by Crippen LogP contribution is 2.31.